The van der Waals surface area contributed by atoms with Crippen molar-refractivity contribution in [2.45, 2.75) is 9.79 Å². The number of sulfone groups is 1. The van der Waals surface area contributed by atoms with Crippen LogP contribution in [0.3, 0.4) is 0 Å². The number of aromatic hydroxyl groups is 2. The van der Waals surface area contributed by atoms with E-state index >= 15 is 0 Å². The van der Waals surface area contributed by atoms with Gasteiger partial charge in [-0.15, -0.1) is 0 Å². The quantitative estimate of drug-likeness (QED) is 0.652. The molecule has 0 aliphatic rings. The molecular weight excluding hydrogens is 328 g/mol. The maximum absolute atomic E-state index is 12.5. The molecule has 9 heteroatoms. The number of hydrogen-bond donors (Lipinski definition) is 4. The predicted molar refractivity (Wildman–Crippen MR) is 75.6 cm³/mol. The zero-order valence-corrected chi connectivity index (χ0v) is 12.1. The molecule has 0 saturated heterocycles. The smallest absolute Gasteiger partial charge is 0.339 e. The SMILES string of the molecule is O=C(O)c1cc(S(=O)(=O)c2ccc(O)c(C(=O)O)c2)ccc1O. The monoisotopic (exact) mass is 338 g/mol. The second kappa shape index (κ2) is 5.61. The first-order valence-corrected chi connectivity index (χ1v) is 7.50. The second-order valence-electron chi connectivity index (χ2n) is 4.47. The molecule has 0 heterocycles. The summed E-state index contributed by atoms with van der Waals surface area (Å²) in [6.45, 7) is 0. The van der Waals surface area contributed by atoms with Crippen molar-refractivity contribution < 1.29 is 38.4 Å². The molecule has 0 fully saturated rings. The third-order valence-corrected chi connectivity index (χ3v) is 4.77. The third-order valence-electron chi connectivity index (χ3n) is 3.02. The lowest BCUT2D eigenvalue weighted by atomic mass is 10.2. The van der Waals surface area contributed by atoms with E-state index < -0.39 is 54.2 Å². The van der Waals surface area contributed by atoms with Gasteiger partial charge in [0.1, 0.15) is 22.6 Å². The molecule has 0 aliphatic carbocycles. The van der Waals surface area contributed by atoms with Crippen LogP contribution in [0.1, 0.15) is 20.7 Å². The fourth-order valence-corrected chi connectivity index (χ4v) is 3.16. The van der Waals surface area contributed by atoms with Crippen LogP contribution in [-0.2, 0) is 9.84 Å². The van der Waals surface area contributed by atoms with Crippen molar-refractivity contribution in [1.82, 2.24) is 0 Å². The van der Waals surface area contributed by atoms with Crippen LogP contribution in [0.25, 0.3) is 0 Å². The summed E-state index contributed by atoms with van der Waals surface area (Å²) in [5.74, 6) is -4.24. The molecule has 0 bridgehead atoms. The van der Waals surface area contributed by atoms with Crippen LogP contribution in [0.5, 0.6) is 11.5 Å². The molecule has 23 heavy (non-hydrogen) atoms. The number of carbonyl (C=O) groups is 2. The first-order chi connectivity index (χ1) is 10.6. The summed E-state index contributed by atoms with van der Waals surface area (Å²) < 4.78 is 24.9. The summed E-state index contributed by atoms with van der Waals surface area (Å²) in [6, 6.07) is 5.33. The summed E-state index contributed by atoms with van der Waals surface area (Å²) in [6.07, 6.45) is 0. The van der Waals surface area contributed by atoms with Crippen molar-refractivity contribution in [3.63, 3.8) is 0 Å². The summed E-state index contributed by atoms with van der Waals surface area (Å²) in [7, 11) is -4.23. The lowest BCUT2D eigenvalue weighted by Crippen LogP contribution is -2.07. The molecule has 0 spiro atoms. The number of benzene rings is 2. The van der Waals surface area contributed by atoms with Gasteiger partial charge in [-0.25, -0.2) is 18.0 Å². The normalized spacial score (nSPS) is 11.1. The Balaban J connectivity index is 2.64. The van der Waals surface area contributed by atoms with Crippen LogP contribution in [-0.4, -0.2) is 40.8 Å². The van der Waals surface area contributed by atoms with Gasteiger partial charge in [-0.05, 0) is 36.4 Å². The maximum atomic E-state index is 12.5. The van der Waals surface area contributed by atoms with E-state index in [2.05, 4.69) is 0 Å². The molecule has 2 rings (SSSR count). The Bertz CT molecular complexity index is 845. The van der Waals surface area contributed by atoms with Crippen LogP contribution in [0.2, 0.25) is 0 Å². The van der Waals surface area contributed by atoms with Crippen molar-refractivity contribution in [2.24, 2.45) is 0 Å². The Hall–Kier alpha value is -3.07. The van der Waals surface area contributed by atoms with Crippen LogP contribution < -0.4 is 0 Å². The van der Waals surface area contributed by atoms with Crippen molar-refractivity contribution in [1.29, 1.82) is 0 Å². The van der Waals surface area contributed by atoms with Crippen molar-refractivity contribution in [3.05, 3.63) is 47.5 Å². The molecule has 2 aromatic rings. The summed E-state index contributed by atoms with van der Waals surface area (Å²) in [5.41, 5.74) is -1.22. The van der Waals surface area contributed by atoms with Gasteiger partial charge in [-0.2, -0.15) is 0 Å². The topological polar surface area (TPSA) is 149 Å². The fraction of sp³-hybridized carbons (Fsp3) is 0. The Morgan fingerprint density at radius 1 is 0.739 bits per heavy atom. The van der Waals surface area contributed by atoms with Crippen molar-refractivity contribution in [2.75, 3.05) is 0 Å². The largest absolute Gasteiger partial charge is 0.507 e. The second-order valence-corrected chi connectivity index (χ2v) is 6.42. The lowest BCUT2D eigenvalue weighted by molar-refractivity contribution is 0.0682. The van der Waals surface area contributed by atoms with E-state index in [1.165, 1.54) is 0 Å². The van der Waals surface area contributed by atoms with Gasteiger partial charge in [0.25, 0.3) is 0 Å². The molecular formula is C14H10O8S. The first kappa shape index (κ1) is 16.3. The molecule has 0 atom stereocenters. The molecule has 120 valence electrons. The van der Waals surface area contributed by atoms with E-state index in [-0.39, 0.29) is 0 Å². The highest BCUT2D eigenvalue weighted by Crippen LogP contribution is 2.28. The highest BCUT2D eigenvalue weighted by Gasteiger charge is 2.23. The van der Waals surface area contributed by atoms with Gasteiger partial charge in [0, 0.05) is 0 Å². The molecule has 2 aromatic carbocycles. The Morgan fingerprint density at radius 3 is 1.39 bits per heavy atom. The maximum Gasteiger partial charge on any atom is 0.339 e. The number of phenols is 2. The van der Waals surface area contributed by atoms with Crippen LogP contribution >= 0.6 is 0 Å². The van der Waals surface area contributed by atoms with Gasteiger partial charge < -0.3 is 20.4 Å². The van der Waals surface area contributed by atoms with E-state index in [0.717, 1.165) is 36.4 Å². The highest BCUT2D eigenvalue weighted by molar-refractivity contribution is 7.91. The number of carboxylic acids is 2. The molecule has 0 amide bonds. The summed E-state index contributed by atoms with van der Waals surface area (Å²) >= 11 is 0. The Kier molecular flexibility index (Phi) is 3.98. The molecule has 0 aromatic heterocycles. The van der Waals surface area contributed by atoms with Gasteiger partial charge >= 0.3 is 11.9 Å². The highest BCUT2D eigenvalue weighted by atomic mass is 32.2. The molecule has 4 N–H and O–H groups in total. The summed E-state index contributed by atoms with van der Waals surface area (Å²) in [4.78, 5) is 21.0. The molecule has 0 unspecified atom stereocenters. The number of hydrogen-bond acceptors (Lipinski definition) is 6. The molecule has 8 nitrogen and oxygen atoms in total. The standard InChI is InChI=1S/C14H10O8S/c15-11-3-1-7(5-9(11)13(17)18)23(21,22)8-2-4-12(16)10(6-8)14(19)20/h1-6,15-16H,(H,17,18)(H,19,20). The molecule has 0 radical (unpaired) electrons. The minimum absolute atomic E-state index is 0.435. The molecule has 0 aliphatic heterocycles. The number of rotatable bonds is 4. The van der Waals surface area contributed by atoms with E-state index in [0.29, 0.717) is 0 Å². The lowest BCUT2D eigenvalue weighted by Gasteiger charge is -2.08. The van der Waals surface area contributed by atoms with E-state index in [9.17, 15) is 28.2 Å². The zero-order chi connectivity index (χ0) is 17.4. The van der Waals surface area contributed by atoms with Gasteiger partial charge in [0.2, 0.25) is 9.84 Å². The van der Waals surface area contributed by atoms with E-state index in [1.54, 1.807) is 0 Å². The fourth-order valence-electron chi connectivity index (χ4n) is 1.84. The van der Waals surface area contributed by atoms with E-state index in [4.69, 9.17) is 10.2 Å². The average molecular weight is 338 g/mol. The van der Waals surface area contributed by atoms with Crippen LogP contribution in [0.4, 0.5) is 0 Å². The summed E-state index contributed by atoms with van der Waals surface area (Å²) in [5, 5.41) is 36.6. The van der Waals surface area contributed by atoms with Crippen LogP contribution in [0.15, 0.2) is 46.2 Å². The molecule has 0 saturated carbocycles. The van der Waals surface area contributed by atoms with Gasteiger partial charge in [0.15, 0.2) is 0 Å². The van der Waals surface area contributed by atoms with E-state index in [1.807, 2.05) is 0 Å². The van der Waals surface area contributed by atoms with Crippen LogP contribution in [0, 0.1) is 0 Å². The number of carboxylic acid groups (broad SMARTS) is 2. The Morgan fingerprint density at radius 2 is 1.09 bits per heavy atom. The van der Waals surface area contributed by atoms with Gasteiger partial charge in [0.05, 0.1) is 9.79 Å². The number of aromatic carboxylic acids is 2. The third kappa shape index (κ3) is 2.94. The average Bonchev–Trinajstić information content (AvgIpc) is 2.47. The minimum Gasteiger partial charge on any atom is -0.507 e. The van der Waals surface area contributed by atoms with Crippen molar-refractivity contribution >= 4 is 21.8 Å². The Labute approximate surface area is 129 Å². The van der Waals surface area contributed by atoms with Crippen molar-refractivity contribution in [3.8, 4) is 11.5 Å². The zero-order valence-electron chi connectivity index (χ0n) is 11.3. The predicted octanol–water partition coefficient (Wildman–Crippen LogP) is 1.33. The van der Waals surface area contributed by atoms with Gasteiger partial charge in [-0.3, -0.25) is 0 Å². The van der Waals surface area contributed by atoms with Gasteiger partial charge in [-0.1, -0.05) is 0 Å². The first-order valence-electron chi connectivity index (χ1n) is 6.02. The minimum atomic E-state index is -4.23.